The molecule has 2 rings (SSSR count). The summed E-state index contributed by atoms with van der Waals surface area (Å²) in [4.78, 5) is 0. The Morgan fingerprint density at radius 2 is 1.81 bits per heavy atom. The van der Waals surface area contributed by atoms with Gasteiger partial charge in [-0.3, -0.25) is 0 Å². The summed E-state index contributed by atoms with van der Waals surface area (Å²) in [5, 5.41) is 10.5. The molecule has 1 saturated carbocycles. The molecule has 1 nitrogen and oxygen atoms in total. The van der Waals surface area contributed by atoms with Gasteiger partial charge in [0.15, 0.2) is 0 Å². The Morgan fingerprint density at radius 3 is 2.31 bits per heavy atom. The van der Waals surface area contributed by atoms with Gasteiger partial charge in [0.1, 0.15) is 0 Å². The molecule has 16 heavy (non-hydrogen) atoms. The third-order valence-electron chi connectivity index (χ3n) is 3.52. The Kier molecular flexibility index (Phi) is 3.15. The van der Waals surface area contributed by atoms with Crippen molar-refractivity contribution in [1.29, 1.82) is 0 Å². The summed E-state index contributed by atoms with van der Waals surface area (Å²) in [5.74, 6) is 0. The van der Waals surface area contributed by atoms with Crippen molar-refractivity contribution in [3.63, 3.8) is 0 Å². The van der Waals surface area contributed by atoms with Gasteiger partial charge in [0, 0.05) is 10.9 Å². The molecule has 1 aromatic rings. The van der Waals surface area contributed by atoms with Crippen LogP contribution in [-0.4, -0.2) is 10.7 Å². The number of hydrogen-bond donors (Lipinski definition) is 1. The van der Waals surface area contributed by atoms with Gasteiger partial charge in [0.05, 0.1) is 5.60 Å². The molecule has 1 aromatic carbocycles. The van der Waals surface area contributed by atoms with Gasteiger partial charge < -0.3 is 5.11 Å². The van der Waals surface area contributed by atoms with Gasteiger partial charge in [-0.25, -0.2) is 0 Å². The van der Waals surface area contributed by atoms with Gasteiger partial charge >= 0.3 is 0 Å². The molecule has 0 radical (unpaired) electrons. The maximum Gasteiger partial charge on any atom is 0.0693 e. The Bertz CT molecular complexity index is 369. The molecular formula is C14H19BrO. The Balaban J connectivity index is 2.07. The smallest absolute Gasteiger partial charge is 0.0693 e. The highest BCUT2D eigenvalue weighted by molar-refractivity contribution is 9.10. The largest absolute Gasteiger partial charge is 0.390 e. The Labute approximate surface area is 106 Å². The maximum atomic E-state index is 10.5. The van der Waals surface area contributed by atoms with Crippen LogP contribution in [0.5, 0.6) is 0 Å². The molecule has 1 N–H and O–H groups in total. The van der Waals surface area contributed by atoms with Crippen LogP contribution < -0.4 is 0 Å². The Hall–Kier alpha value is -0.340. The molecule has 1 unspecified atom stereocenters. The van der Waals surface area contributed by atoms with Crippen LogP contribution in [0.25, 0.3) is 0 Å². The van der Waals surface area contributed by atoms with Crippen LogP contribution in [0.4, 0.5) is 0 Å². The van der Waals surface area contributed by atoms with Gasteiger partial charge in [0.25, 0.3) is 0 Å². The standard InChI is InChI=1S/C14H19BrO/c1-13(2)7-8-14(16,10-13)9-11-3-5-12(15)6-4-11/h3-6,16H,7-10H2,1-2H3. The van der Waals surface area contributed by atoms with Gasteiger partial charge in [-0.1, -0.05) is 41.9 Å². The predicted molar refractivity (Wildman–Crippen MR) is 70.4 cm³/mol. The fourth-order valence-corrected chi connectivity index (χ4v) is 3.04. The Morgan fingerprint density at radius 1 is 1.19 bits per heavy atom. The van der Waals surface area contributed by atoms with Crippen LogP contribution in [-0.2, 0) is 6.42 Å². The minimum atomic E-state index is -0.489. The molecule has 0 bridgehead atoms. The zero-order chi connectivity index (χ0) is 11.8. The molecule has 2 heteroatoms. The summed E-state index contributed by atoms with van der Waals surface area (Å²) in [6, 6.07) is 8.26. The third kappa shape index (κ3) is 2.86. The van der Waals surface area contributed by atoms with Gasteiger partial charge in [-0.15, -0.1) is 0 Å². The van der Waals surface area contributed by atoms with Crippen molar-refractivity contribution in [2.45, 2.75) is 45.1 Å². The van der Waals surface area contributed by atoms with Crippen LogP contribution >= 0.6 is 15.9 Å². The van der Waals surface area contributed by atoms with Crippen LogP contribution in [0.15, 0.2) is 28.7 Å². The number of benzene rings is 1. The summed E-state index contributed by atoms with van der Waals surface area (Å²) >= 11 is 3.43. The number of rotatable bonds is 2. The normalized spacial score (nSPS) is 28.2. The average Bonchev–Trinajstić information content (AvgIpc) is 2.45. The van der Waals surface area contributed by atoms with E-state index in [4.69, 9.17) is 0 Å². The van der Waals surface area contributed by atoms with Gasteiger partial charge in [-0.05, 0) is 42.4 Å². The third-order valence-corrected chi connectivity index (χ3v) is 4.05. The first-order valence-electron chi connectivity index (χ1n) is 5.86. The second-order valence-electron chi connectivity index (χ2n) is 5.87. The van der Waals surface area contributed by atoms with Crippen molar-refractivity contribution in [3.05, 3.63) is 34.3 Å². The molecule has 0 aliphatic heterocycles. The number of halogens is 1. The molecule has 1 aliphatic carbocycles. The molecule has 1 aliphatic rings. The minimum Gasteiger partial charge on any atom is -0.390 e. The summed E-state index contributed by atoms with van der Waals surface area (Å²) in [6.07, 6.45) is 3.75. The van der Waals surface area contributed by atoms with Crippen molar-refractivity contribution in [2.24, 2.45) is 5.41 Å². The lowest BCUT2D eigenvalue weighted by atomic mass is 9.86. The van der Waals surface area contributed by atoms with E-state index in [1.54, 1.807) is 0 Å². The van der Waals surface area contributed by atoms with Crippen molar-refractivity contribution >= 4 is 15.9 Å². The molecule has 0 amide bonds. The van der Waals surface area contributed by atoms with E-state index in [1.165, 1.54) is 5.56 Å². The van der Waals surface area contributed by atoms with Crippen molar-refractivity contribution < 1.29 is 5.11 Å². The summed E-state index contributed by atoms with van der Waals surface area (Å²) in [5.41, 5.74) is 1.03. The second-order valence-corrected chi connectivity index (χ2v) is 6.78. The number of hydrogen-bond acceptors (Lipinski definition) is 1. The summed E-state index contributed by atoms with van der Waals surface area (Å²) in [7, 11) is 0. The van der Waals surface area contributed by atoms with E-state index in [1.807, 2.05) is 12.1 Å². The fourth-order valence-electron chi connectivity index (χ4n) is 2.77. The topological polar surface area (TPSA) is 20.2 Å². The molecular weight excluding hydrogens is 264 g/mol. The van der Waals surface area contributed by atoms with Gasteiger partial charge in [0.2, 0.25) is 0 Å². The second kappa shape index (κ2) is 4.15. The molecule has 0 spiro atoms. The zero-order valence-corrected chi connectivity index (χ0v) is 11.5. The zero-order valence-electron chi connectivity index (χ0n) is 9.96. The molecule has 1 fully saturated rings. The van der Waals surface area contributed by atoms with Crippen LogP contribution in [0.2, 0.25) is 0 Å². The quantitative estimate of drug-likeness (QED) is 0.871. The monoisotopic (exact) mass is 282 g/mol. The highest BCUT2D eigenvalue weighted by Crippen LogP contribution is 2.44. The van der Waals surface area contributed by atoms with E-state index in [0.29, 0.717) is 5.41 Å². The van der Waals surface area contributed by atoms with E-state index in [9.17, 15) is 5.11 Å². The van der Waals surface area contributed by atoms with E-state index in [2.05, 4.69) is 41.9 Å². The van der Waals surface area contributed by atoms with E-state index >= 15 is 0 Å². The van der Waals surface area contributed by atoms with E-state index < -0.39 is 5.60 Å². The van der Waals surface area contributed by atoms with Gasteiger partial charge in [-0.2, -0.15) is 0 Å². The van der Waals surface area contributed by atoms with Crippen LogP contribution in [0, 0.1) is 5.41 Å². The van der Waals surface area contributed by atoms with E-state index in [0.717, 1.165) is 30.2 Å². The highest BCUT2D eigenvalue weighted by Gasteiger charge is 2.41. The fraction of sp³-hybridized carbons (Fsp3) is 0.571. The van der Waals surface area contributed by atoms with Crippen LogP contribution in [0.3, 0.4) is 0 Å². The first-order valence-corrected chi connectivity index (χ1v) is 6.65. The molecule has 0 saturated heterocycles. The lowest BCUT2D eigenvalue weighted by Crippen LogP contribution is -2.29. The van der Waals surface area contributed by atoms with Crippen LogP contribution in [0.1, 0.15) is 38.7 Å². The summed E-state index contributed by atoms with van der Waals surface area (Å²) in [6.45, 7) is 4.49. The molecule has 1 atom stereocenters. The van der Waals surface area contributed by atoms with Crippen molar-refractivity contribution in [2.75, 3.05) is 0 Å². The SMILES string of the molecule is CC1(C)CCC(O)(Cc2ccc(Br)cc2)C1. The number of aliphatic hydroxyl groups is 1. The molecule has 88 valence electrons. The first-order chi connectivity index (χ1) is 7.39. The highest BCUT2D eigenvalue weighted by atomic mass is 79.9. The van der Waals surface area contributed by atoms with Crippen molar-refractivity contribution in [1.82, 2.24) is 0 Å². The first kappa shape index (κ1) is 12.1. The van der Waals surface area contributed by atoms with Crippen molar-refractivity contribution in [3.8, 4) is 0 Å². The summed E-state index contributed by atoms with van der Waals surface area (Å²) < 4.78 is 1.09. The maximum absolute atomic E-state index is 10.5. The molecule has 0 aromatic heterocycles. The molecule has 0 heterocycles. The lowest BCUT2D eigenvalue weighted by molar-refractivity contribution is 0.0379. The van der Waals surface area contributed by atoms with E-state index in [-0.39, 0.29) is 0 Å². The average molecular weight is 283 g/mol. The predicted octanol–water partition coefficient (Wildman–Crippen LogP) is 3.93. The lowest BCUT2D eigenvalue weighted by Gasteiger charge is -2.25. The minimum absolute atomic E-state index is 0.296.